The van der Waals surface area contributed by atoms with Crippen molar-refractivity contribution in [2.45, 2.75) is 44.7 Å². The molecule has 2 aliphatic rings. The van der Waals surface area contributed by atoms with E-state index in [0.717, 1.165) is 30.4 Å². The van der Waals surface area contributed by atoms with Gasteiger partial charge in [-0.25, -0.2) is 4.68 Å². The van der Waals surface area contributed by atoms with Crippen LogP contribution in [-0.2, 0) is 20.1 Å². The molecule has 0 radical (unpaired) electrons. The van der Waals surface area contributed by atoms with Gasteiger partial charge in [-0.15, -0.1) is 0 Å². The van der Waals surface area contributed by atoms with E-state index in [4.69, 9.17) is 17.3 Å². The normalized spacial score (nSPS) is 19.7. The fourth-order valence-corrected chi connectivity index (χ4v) is 3.95. The molecule has 1 aliphatic heterocycles. The van der Waals surface area contributed by atoms with Crippen molar-refractivity contribution in [3.63, 3.8) is 0 Å². The molecule has 128 valence electrons. The van der Waals surface area contributed by atoms with E-state index < -0.39 is 0 Å². The van der Waals surface area contributed by atoms with Crippen LogP contribution in [0, 0.1) is 10.7 Å². The van der Waals surface area contributed by atoms with Gasteiger partial charge in [-0.2, -0.15) is 5.10 Å². The van der Waals surface area contributed by atoms with Gasteiger partial charge in [0, 0.05) is 26.1 Å². The molecule has 1 saturated carbocycles. The maximum absolute atomic E-state index is 5.58. The highest BCUT2D eigenvalue weighted by atomic mass is 32.1. The number of nitrogens with zero attached hydrogens (tertiary/aromatic N) is 4. The van der Waals surface area contributed by atoms with Crippen LogP contribution < -0.4 is 0 Å². The van der Waals surface area contributed by atoms with Crippen molar-refractivity contribution in [1.82, 2.24) is 19.2 Å². The summed E-state index contributed by atoms with van der Waals surface area (Å²) in [6, 6.07) is 10.9. The summed E-state index contributed by atoms with van der Waals surface area (Å²) in [5, 5.41) is 4.79. The van der Waals surface area contributed by atoms with Crippen LogP contribution in [0.25, 0.3) is 0 Å². The third-order valence-corrected chi connectivity index (χ3v) is 5.91. The monoisotopic (exact) mass is 342 g/mol. The van der Waals surface area contributed by atoms with Crippen molar-refractivity contribution in [2.24, 2.45) is 13.0 Å². The summed E-state index contributed by atoms with van der Waals surface area (Å²) in [6.07, 6.45) is 6.29. The summed E-state index contributed by atoms with van der Waals surface area (Å²) in [5.74, 6) is 2.64. The van der Waals surface area contributed by atoms with E-state index in [1.807, 2.05) is 4.68 Å². The Morgan fingerprint density at radius 1 is 1.08 bits per heavy atom. The van der Waals surface area contributed by atoms with E-state index in [-0.39, 0.29) is 0 Å². The first-order valence-electron chi connectivity index (χ1n) is 9.10. The zero-order valence-corrected chi connectivity index (χ0v) is 15.2. The Morgan fingerprint density at radius 2 is 1.79 bits per heavy atom. The van der Waals surface area contributed by atoms with Crippen molar-refractivity contribution in [3.05, 3.63) is 46.5 Å². The molecule has 0 unspecified atom stereocenters. The maximum atomic E-state index is 5.58. The second-order valence-electron chi connectivity index (χ2n) is 7.37. The Hall–Kier alpha value is -1.46. The highest BCUT2D eigenvalue weighted by molar-refractivity contribution is 7.71. The lowest BCUT2D eigenvalue weighted by molar-refractivity contribution is 0.139. The fraction of sp³-hybridized carbons (Fsp3) is 0.579. The van der Waals surface area contributed by atoms with Crippen molar-refractivity contribution < 1.29 is 0 Å². The average molecular weight is 343 g/mol. The first-order valence-corrected chi connectivity index (χ1v) is 9.51. The summed E-state index contributed by atoms with van der Waals surface area (Å²) in [6.45, 7) is 3.14. The molecule has 1 aliphatic carbocycles. The summed E-state index contributed by atoms with van der Waals surface area (Å²) < 4.78 is 5.00. The summed E-state index contributed by atoms with van der Waals surface area (Å²) >= 11 is 5.58. The molecular formula is C19H26N4S. The van der Waals surface area contributed by atoms with E-state index in [1.54, 1.807) is 0 Å². The predicted octanol–water partition coefficient (Wildman–Crippen LogP) is 3.74. The highest BCUT2D eigenvalue weighted by Crippen LogP contribution is 2.38. The quantitative estimate of drug-likeness (QED) is 0.774. The molecule has 0 amide bonds. The van der Waals surface area contributed by atoms with Crippen LogP contribution in [0.3, 0.4) is 0 Å². The van der Waals surface area contributed by atoms with Crippen molar-refractivity contribution in [1.29, 1.82) is 0 Å². The SMILES string of the molecule is Cn1c(C2CC2)nn(CN2CCC(Cc3ccccc3)CC2)c1=S. The smallest absolute Gasteiger partial charge is 0.198 e. The molecule has 1 aromatic heterocycles. The zero-order chi connectivity index (χ0) is 16.5. The average Bonchev–Trinajstić information content (AvgIpc) is 3.41. The Morgan fingerprint density at radius 3 is 2.46 bits per heavy atom. The van der Waals surface area contributed by atoms with Gasteiger partial charge >= 0.3 is 0 Å². The third-order valence-electron chi connectivity index (χ3n) is 5.43. The number of benzene rings is 1. The molecule has 2 heterocycles. The Bertz CT molecular complexity index is 736. The van der Waals surface area contributed by atoms with Gasteiger partial charge < -0.3 is 4.57 Å². The Labute approximate surface area is 149 Å². The van der Waals surface area contributed by atoms with Crippen LogP contribution in [0.4, 0.5) is 0 Å². The topological polar surface area (TPSA) is 26.0 Å². The molecule has 5 heteroatoms. The molecule has 24 heavy (non-hydrogen) atoms. The molecule has 1 aromatic carbocycles. The molecule has 4 nitrogen and oxygen atoms in total. The van der Waals surface area contributed by atoms with Gasteiger partial charge in [0.2, 0.25) is 0 Å². The standard InChI is InChI=1S/C19H26N4S/c1-21-18(17-7-8-17)20-23(19(21)24)14-22-11-9-16(10-12-22)13-15-5-3-2-4-6-15/h2-6,16-17H,7-14H2,1H3. The minimum atomic E-state index is 0.648. The van der Waals surface area contributed by atoms with Gasteiger partial charge in [0.15, 0.2) is 4.77 Å². The maximum Gasteiger partial charge on any atom is 0.198 e. The number of likely N-dealkylation sites (tertiary alicyclic amines) is 1. The summed E-state index contributed by atoms with van der Waals surface area (Å²) in [5.41, 5.74) is 1.47. The predicted molar refractivity (Wildman–Crippen MR) is 98.5 cm³/mol. The van der Waals surface area contributed by atoms with Crippen molar-refractivity contribution in [3.8, 4) is 0 Å². The van der Waals surface area contributed by atoms with Crippen LogP contribution in [0.2, 0.25) is 0 Å². The van der Waals surface area contributed by atoms with Crippen LogP contribution in [0.1, 0.15) is 43.0 Å². The molecule has 4 rings (SSSR count). The molecule has 0 N–H and O–H groups in total. The number of rotatable bonds is 5. The number of piperidine rings is 1. The van der Waals surface area contributed by atoms with Crippen molar-refractivity contribution >= 4 is 12.2 Å². The van der Waals surface area contributed by atoms with E-state index >= 15 is 0 Å². The Kier molecular flexibility index (Phi) is 4.55. The van der Waals surface area contributed by atoms with Gasteiger partial charge in [0.05, 0.1) is 6.67 Å². The molecule has 0 spiro atoms. The first-order chi connectivity index (χ1) is 11.7. The number of hydrogen-bond donors (Lipinski definition) is 0. The van der Waals surface area contributed by atoms with E-state index in [0.29, 0.717) is 5.92 Å². The van der Waals surface area contributed by atoms with Gasteiger partial charge in [0.1, 0.15) is 5.82 Å². The van der Waals surface area contributed by atoms with Gasteiger partial charge in [-0.05, 0) is 55.8 Å². The lowest BCUT2D eigenvalue weighted by atomic mass is 9.90. The molecule has 0 atom stereocenters. The fourth-order valence-electron chi connectivity index (χ4n) is 3.76. The van der Waals surface area contributed by atoms with Crippen LogP contribution in [0.15, 0.2) is 30.3 Å². The third kappa shape index (κ3) is 3.47. The van der Waals surface area contributed by atoms with E-state index in [2.05, 4.69) is 46.8 Å². The highest BCUT2D eigenvalue weighted by Gasteiger charge is 2.29. The van der Waals surface area contributed by atoms with Crippen molar-refractivity contribution in [2.75, 3.05) is 13.1 Å². The largest absolute Gasteiger partial charge is 0.307 e. The lowest BCUT2D eigenvalue weighted by Gasteiger charge is -2.31. The second kappa shape index (κ2) is 6.81. The summed E-state index contributed by atoms with van der Waals surface area (Å²) in [7, 11) is 2.06. The van der Waals surface area contributed by atoms with Crippen LogP contribution in [0.5, 0.6) is 0 Å². The van der Waals surface area contributed by atoms with Crippen LogP contribution >= 0.6 is 12.2 Å². The zero-order valence-electron chi connectivity index (χ0n) is 14.4. The van der Waals surface area contributed by atoms with Crippen LogP contribution in [-0.4, -0.2) is 32.3 Å². The minimum absolute atomic E-state index is 0.648. The molecule has 1 saturated heterocycles. The van der Waals surface area contributed by atoms with E-state index in [9.17, 15) is 0 Å². The number of aromatic nitrogens is 3. The lowest BCUT2D eigenvalue weighted by Crippen LogP contribution is -2.36. The minimum Gasteiger partial charge on any atom is -0.307 e. The van der Waals surface area contributed by atoms with E-state index in [1.165, 1.54) is 43.5 Å². The molecule has 2 aromatic rings. The number of hydrogen-bond acceptors (Lipinski definition) is 3. The van der Waals surface area contributed by atoms with Gasteiger partial charge in [-0.3, -0.25) is 4.90 Å². The molecule has 2 fully saturated rings. The molecule has 0 bridgehead atoms. The van der Waals surface area contributed by atoms with Gasteiger partial charge in [-0.1, -0.05) is 30.3 Å². The second-order valence-corrected chi connectivity index (χ2v) is 7.73. The Balaban J connectivity index is 1.33. The van der Waals surface area contributed by atoms with Gasteiger partial charge in [0.25, 0.3) is 0 Å². The first kappa shape index (κ1) is 16.0. The summed E-state index contributed by atoms with van der Waals surface area (Å²) in [4.78, 5) is 2.50. The molecular weight excluding hydrogens is 316 g/mol.